The maximum atomic E-state index is 12.9. The third-order valence-electron chi connectivity index (χ3n) is 5.55. The van der Waals surface area contributed by atoms with Gasteiger partial charge in [-0.15, -0.1) is 0 Å². The van der Waals surface area contributed by atoms with Gasteiger partial charge < -0.3 is 20.3 Å². The van der Waals surface area contributed by atoms with Crippen LogP contribution in [0.1, 0.15) is 35.1 Å². The zero-order valence-corrected chi connectivity index (χ0v) is 19.9. The summed E-state index contributed by atoms with van der Waals surface area (Å²) in [4.78, 5) is 47.7. The number of nitrogens with one attached hydrogen (secondary N) is 2. The van der Waals surface area contributed by atoms with Crippen LogP contribution >= 0.6 is 0 Å². The summed E-state index contributed by atoms with van der Waals surface area (Å²) in [5.74, 6) is -0.798. The Morgan fingerprint density at radius 2 is 1.71 bits per heavy atom. The van der Waals surface area contributed by atoms with E-state index in [-0.39, 0.29) is 24.8 Å². The van der Waals surface area contributed by atoms with Crippen LogP contribution in [0.3, 0.4) is 0 Å². The molecule has 180 valence electrons. The fourth-order valence-electron chi connectivity index (χ4n) is 3.95. The van der Waals surface area contributed by atoms with E-state index in [4.69, 9.17) is 4.74 Å². The highest BCUT2D eigenvalue weighted by atomic mass is 16.5. The van der Waals surface area contributed by atoms with Crippen LogP contribution in [0.15, 0.2) is 54.6 Å². The molecule has 0 radical (unpaired) electrons. The summed E-state index contributed by atoms with van der Waals surface area (Å²) in [6.45, 7) is 6.10. The van der Waals surface area contributed by atoms with Gasteiger partial charge in [0.25, 0.3) is 0 Å². The van der Waals surface area contributed by atoms with Gasteiger partial charge in [-0.05, 0) is 69.3 Å². The standard InChI is InChI=1S/C26H27N5O4/c1-4-35-25(34)18-8-10-22(11-9-18)31-15-19(13-23(31)32)24(33)29-20-6-5-7-21(14-20)30-26-27-16(2)12-17(3)28-26/h5-12,14,19H,4,13,15H2,1-3H3,(H,29,33)(H,27,28,30). The lowest BCUT2D eigenvalue weighted by Crippen LogP contribution is -2.28. The molecule has 0 saturated carbocycles. The lowest BCUT2D eigenvalue weighted by atomic mass is 10.1. The van der Waals surface area contributed by atoms with Gasteiger partial charge in [-0.25, -0.2) is 14.8 Å². The predicted octanol–water partition coefficient (Wildman–Crippen LogP) is 4.01. The molecule has 35 heavy (non-hydrogen) atoms. The average Bonchev–Trinajstić information content (AvgIpc) is 3.21. The molecule has 0 bridgehead atoms. The molecule has 1 aromatic heterocycles. The van der Waals surface area contributed by atoms with Crippen molar-refractivity contribution in [3.05, 3.63) is 71.5 Å². The highest BCUT2D eigenvalue weighted by Gasteiger charge is 2.35. The van der Waals surface area contributed by atoms with Crippen LogP contribution in [0.2, 0.25) is 0 Å². The second-order valence-corrected chi connectivity index (χ2v) is 8.34. The van der Waals surface area contributed by atoms with E-state index >= 15 is 0 Å². The van der Waals surface area contributed by atoms with Crippen molar-refractivity contribution in [2.45, 2.75) is 27.2 Å². The molecule has 1 fully saturated rings. The number of ether oxygens (including phenoxy) is 1. The first kappa shape index (κ1) is 23.9. The van der Waals surface area contributed by atoms with E-state index in [1.807, 2.05) is 32.0 Å². The number of amides is 2. The van der Waals surface area contributed by atoms with Gasteiger partial charge in [-0.3, -0.25) is 9.59 Å². The van der Waals surface area contributed by atoms with E-state index in [0.717, 1.165) is 17.1 Å². The van der Waals surface area contributed by atoms with Crippen LogP contribution in [-0.4, -0.2) is 40.9 Å². The van der Waals surface area contributed by atoms with E-state index in [1.165, 1.54) is 0 Å². The summed E-state index contributed by atoms with van der Waals surface area (Å²) < 4.78 is 4.99. The van der Waals surface area contributed by atoms with Crippen LogP contribution in [0.5, 0.6) is 0 Å². The van der Waals surface area contributed by atoms with E-state index in [9.17, 15) is 14.4 Å². The zero-order valence-electron chi connectivity index (χ0n) is 19.9. The molecule has 1 unspecified atom stereocenters. The molecule has 1 atom stereocenters. The summed E-state index contributed by atoms with van der Waals surface area (Å²) in [6, 6.07) is 15.8. The molecular formula is C26H27N5O4. The molecule has 2 heterocycles. The monoisotopic (exact) mass is 473 g/mol. The van der Waals surface area contributed by atoms with Crippen molar-refractivity contribution < 1.29 is 19.1 Å². The Kier molecular flexibility index (Phi) is 7.05. The minimum atomic E-state index is -0.494. The molecule has 1 aliphatic rings. The average molecular weight is 474 g/mol. The van der Waals surface area contributed by atoms with Gasteiger partial charge in [0.05, 0.1) is 18.1 Å². The van der Waals surface area contributed by atoms with Gasteiger partial charge in [-0.2, -0.15) is 0 Å². The molecule has 4 rings (SSSR count). The lowest BCUT2D eigenvalue weighted by molar-refractivity contribution is -0.122. The number of hydrogen-bond donors (Lipinski definition) is 2. The first-order chi connectivity index (χ1) is 16.8. The van der Waals surface area contributed by atoms with Gasteiger partial charge in [0.1, 0.15) is 0 Å². The molecule has 2 aromatic carbocycles. The van der Waals surface area contributed by atoms with Crippen LogP contribution in [0.4, 0.5) is 23.0 Å². The van der Waals surface area contributed by atoms with E-state index in [0.29, 0.717) is 29.5 Å². The van der Waals surface area contributed by atoms with Gasteiger partial charge in [0.2, 0.25) is 17.8 Å². The minimum absolute atomic E-state index is 0.111. The number of aryl methyl sites for hydroxylation is 2. The molecule has 0 spiro atoms. The normalized spacial score (nSPS) is 15.1. The van der Waals surface area contributed by atoms with Crippen molar-refractivity contribution in [2.75, 3.05) is 28.7 Å². The number of rotatable bonds is 7. The maximum absolute atomic E-state index is 12.9. The fraction of sp³-hybridized carbons (Fsp3) is 0.269. The number of esters is 1. The Bertz CT molecular complexity index is 1240. The largest absolute Gasteiger partial charge is 0.462 e. The minimum Gasteiger partial charge on any atom is -0.462 e. The summed E-state index contributed by atoms with van der Waals surface area (Å²) in [5, 5.41) is 6.06. The first-order valence-corrected chi connectivity index (χ1v) is 11.4. The highest BCUT2D eigenvalue weighted by Crippen LogP contribution is 2.27. The molecule has 3 aromatic rings. The Labute approximate surface area is 203 Å². The molecule has 1 saturated heterocycles. The first-order valence-electron chi connectivity index (χ1n) is 11.4. The molecular weight excluding hydrogens is 446 g/mol. The molecule has 0 aliphatic carbocycles. The Morgan fingerprint density at radius 1 is 1.03 bits per heavy atom. The Balaban J connectivity index is 1.39. The van der Waals surface area contributed by atoms with Gasteiger partial charge in [0, 0.05) is 41.4 Å². The van der Waals surface area contributed by atoms with E-state index < -0.39 is 11.9 Å². The molecule has 1 aliphatic heterocycles. The van der Waals surface area contributed by atoms with Gasteiger partial charge >= 0.3 is 5.97 Å². The van der Waals surface area contributed by atoms with Crippen LogP contribution < -0.4 is 15.5 Å². The summed E-state index contributed by atoms with van der Waals surface area (Å²) >= 11 is 0. The number of carbonyl (C=O) groups is 3. The molecule has 9 heteroatoms. The lowest BCUT2D eigenvalue weighted by Gasteiger charge is -2.17. The summed E-state index contributed by atoms with van der Waals surface area (Å²) in [7, 11) is 0. The number of anilines is 4. The third-order valence-corrected chi connectivity index (χ3v) is 5.55. The van der Waals surface area contributed by atoms with E-state index in [1.54, 1.807) is 48.2 Å². The third kappa shape index (κ3) is 5.81. The van der Waals surface area contributed by atoms with Crippen molar-refractivity contribution in [1.29, 1.82) is 0 Å². The number of benzene rings is 2. The van der Waals surface area contributed by atoms with Gasteiger partial charge in [0.15, 0.2) is 0 Å². The zero-order chi connectivity index (χ0) is 24.9. The van der Waals surface area contributed by atoms with Gasteiger partial charge in [-0.1, -0.05) is 6.07 Å². The van der Waals surface area contributed by atoms with Crippen molar-refractivity contribution in [3.8, 4) is 0 Å². The van der Waals surface area contributed by atoms with Crippen LogP contribution in [-0.2, 0) is 14.3 Å². The summed E-state index contributed by atoms with van der Waals surface area (Å²) in [6.07, 6.45) is 0.111. The van der Waals surface area contributed by atoms with Crippen molar-refractivity contribution in [2.24, 2.45) is 5.92 Å². The number of nitrogens with zero attached hydrogens (tertiary/aromatic N) is 3. The van der Waals surface area contributed by atoms with Crippen LogP contribution in [0, 0.1) is 19.8 Å². The summed E-state index contributed by atoms with van der Waals surface area (Å²) in [5.41, 5.74) is 4.10. The van der Waals surface area contributed by atoms with Crippen LogP contribution in [0.25, 0.3) is 0 Å². The Hall–Kier alpha value is -4.27. The predicted molar refractivity (Wildman–Crippen MR) is 133 cm³/mol. The number of aromatic nitrogens is 2. The second-order valence-electron chi connectivity index (χ2n) is 8.34. The number of carbonyl (C=O) groups excluding carboxylic acids is 3. The Morgan fingerprint density at radius 3 is 2.40 bits per heavy atom. The molecule has 2 amide bonds. The molecule has 9 nitrogen and oxygen atoms in total. The van der Waals surface area contributed by atoms with Crippen molar-refractivity contribution in [3.63, 3.8) is 0 Å². The highest BCUT2D eigenvalue weighted by molar-refractivity contribution is 6.04. The van der Waals surface area contributed by atoms with Crippen molar-refractivity contribution in [1.82, 2.24) is 9.97 Å². The topological polar surface area (TPSA) is 114 Å². The molecule has 2 N–H and O–H groups in total. The maximum Gasteiger partial charge on any atom is 0.338 e. The quantitative estimate of drug-likeness (QED) is 0.499. The SMILES string of the molecule is CCOC(=O)c1ccc(N2CC(C(=O)Nc3cccc(Nc4nc(C)cc(C)n4)c3)CC2=O)cc1. The smallest absolute Gasteiger partial charge is 0.338 e. The van der Waals surface area contributed by atoms with E-state index in [2.05, 4.69) is 20.6 Å². The second kappa shape index (κ2) is 10.3. The number of hydrogen-bond acceptors (Lipinski definition) is 7. The fourth-order valence-corrected chi connectivity index (χ4v) is 3.95. The van der Waals surface area contributed by atoms with Crippen molar-refractivity contribution >= 4 is 40.8 Å².